The van der Waals surface area contributed by atoms with Gasteiger partial charge in [-0.3, -0.25) is 4.79 Å². The molecule has 1 aliphatic rings. The molecule has 0 fully saturated rings. The lowest BCUT2D eigenvalue weighted by Gasteiger charge is -2.18. The Morgan fingerprint density at radius 1 is 1.03 bits per heavy atom. The van der Waals surface area contributed by atoms with E-state index in [1.807, 2.05) is 38.0 Å². The summed E-state index contributed by atoms with van der Waals surface area (Å²) in [5.41, 5.74) is 7.40. The Balaban J connectivity index is 1.60. The number of nitrogens with zero attached hydrogens (tertiary/aromatic N) is 4. The fourth-order valence-electron chi connectivity index (χ4n) is 4.04. The van der Waals surface area contributed by atoms with Crippen LogP contribution < -0.4 is 4.90 Å². The first-order chi connectivity index (χ1) is 14.0. The average molecular weight is 389 g/mol. The molecule has 0 N–H and O–H groups in total. The maximum Gasteiger partial charge on any atom is 0.274 e. The van der Waals surface area contributed by atoms with Crippen molar-refractivity contribution in [1.29, 1.82) is 0 Å². The first kappa shape index (κ1) is 19.2. The summed E-state index contributed by atoms with van der Waals surface area (Å²) in [7, 11) is 5.91. The minimum Gasteiger partial charge on any atom is -0.378 e. The van der Waals surface area contributed by atoms with E-state index in [0.29, 0.717) is 12.2 Å². The van der Waals surface area contributed by atoms with Crippen LogP contribution in [0.1, 0.15) is 39.3 Å². The number of aromatic nitrogens is 2. The summed E-state index contributed by atoms with van der Waals surface area (Å²) in [5.74, 6) is -0.00725. The molecule has 2 aromatic carbocycles. The number of para-hydroxylation sites is 1. The Kier molecular flexibility index (Phi) is 5.14. The molecule has 4 rings (SSSR count). The molecule has 5 nitrogen and oxygen atoms in total. The van der Waals surface area contributed by atoms with E-state index in [0.717, 1.165) is 47.3 Å². The van der Waals surface area contributed by atoms with E-state index >= 15 is 0 Å². The second-order valence-electron chi connectivity index (χ2n) is 8.05. The molecule has 0 radical (unpaired) electrons. The zero-order valence-corrected chi connectivity index (χ0v) is 17.6. The van der Waals surface area contributed by atoms with E-state index in [9.17, 15) is 4.79 Å². The molecule has 5 heteroatoms. The number of carbonyl (C=O) groups is 1. The minimum absolute atomic E-state index is 0.00725. The highest BCUT2D eigenvalue weighted by molar-refractivity contribution is 5.94. The third-order valence-corrected chi connectivity index (χ3v) is 5.70. The highest BCUT2D eigenvalue weighted by atomic mass is 16.2. The van der Waals surface area contributed by atoms with Crippen LogP contribution in [0.2, 0.25) is 0 Å². The molecule has 29 heavy (non-hydrogen) atoms. The normalized spacial score (nSPS) is 12.7. The number of benzene rings is 2. The van der Waals surface area contributed by atoms with Gasteiger partial charge in [-0.05, 0) is 55.5 Å². The van der Waals surface area contributed by atoms with Crippen molar-refractivity contribution < 1.29 is 4.79 Å². The van der Waals surface area contributed by atoms with Gasteiger partial charge >= 0.3 is 0 Å². The van der Waals surface area contributed by atoms with Crippen molar-refractivity contribution in [2.75, 3.05) is 26.0 Å². The van der Waals surface area contributed by atoms with Crippen molar-refractivity contribution in [2.24, 2.45) is 0 Å². The molecule has 1 amide bonds. The number of hydrogen-bond donors (Lipinski definition) is 0. The van der Waals surface area contributed by atoms with Gasteiger partial charge in [0, 0.05) is 44.6 Å². The smallest absolute Gasteiger partial charge is 0.274 e. The number of carbonyl (C=O) groups excluding carboxylic acids is 1. The fourth-order valence-corrected chi connectivity index (χ4v) is 4.04. The van der Waals surface area contributed by atoms with Crippen molar-refractivity contribution in [2.45, 2.75) is 32.7 Å². The van der Waals surface area contributed by atoms with Crippen LogP contribution in [-0.4, -0.2) is 41.7 Å². The third kappa shape index (κ3) is 3.65. The standard InChI is InChI=1S/C24H28N4O/c1-17-8-5-6-10-21(17)28-22-11-7-9-20(22)23(25-28)24(29)27(4)16-18-12-14-19(15-13-18)26(2)3/h5-6,8,10,12-15H,7,9,11,16H2,1-4H3. The van der Waals surface area contributed by atoms with Crippen LogP contribution in [0.4, 0.5) is 5.69 Å². The number of anilines is 1. The van der Waals surface area contributed by atoms with Crippen molar-refractivity contribution in [3.8, 4) is 5.69 Å². The fraction of sp³-hybridized carbons (Fsp3) is 0.333. The van der Waals surface area contributed by atoms with Crippen LogP contribution >= 0.6 is 0 Å². The molecule has 1 heterocycles. The Morgan fingerprint density at radius 3 is 2.45 bits per heavy atom. The summed E-state index contributed by atoms with van der Waals surface area (Å²) in [6.07, 6.45) is 2.97. The van der Waals surface area contributed by atoms with Crippen LogP contribution in [-0.2, 0) is 19.4 Å². The van der Waals surface area contributed by atoms with Gasteiger partial charge in [0.1, 0.15) is 0 Å². The van der Waals surface area contributed by atoms with E-state index in [1.165, 1.54) is 5.69 Å². The van der Waals surface area contributed by atoms with Crippen molar-refractivity contribution in [3.63, 3.8) is 0 Å². The monoisotopic (exact) mass is 388 g/mol. The van der Waals surface area contributed by atoms with E-state index < -0.39 is 0 Å². The van der Waals surface area contributed by atoms with Gasteiger partial charge in [-0.2, -0.15) is 5.10 Å². The molecular weight excluding hydrogens is 360 g/mol. The number of fused-ring (bicyclic) bond motifs is 1. The molecule has 0 unspecified atom stereocenters. The zero-order valence-electron chi connectivity index (χ0n) is 17.6. The van der Waals surface area contributed by atoms with Crippen LogP contribution in [0, 0.1) is 6.92 Å². The number of hydrogen-bond acceptors (Lipinski definition) is 3. The van der Waals surface area contributed by atoms with Crippen LogP contribution in [0.15, 0.2) is 48.5 Å². The van der Waals surface area contributed by atoms with Crippen molar-refractivity contribution in [3.05, 3.63) is 76.6 Å². The second kappa shape index (κ2) is 7.74. The van der Waals surface area contributed by atoms with Crippen LogP contribution in [0.5, 0.6) is 0 Å². The Hall–Kier alpha value is -3.08. The largest absolute Gasteiger partial charge is 0.378 e. The lowest BCUT2D eigenvalue weighted by molar-refractivity contribution is 0.0777. The van der Waals surface area contributed by atoms with Gasteiger partial charge in [0.2, 0.25) is 0 Å². The van der Waals surface area contributed by atoms with Gasteiger partial charge in [-0.25, -0.2) is 4.68 Å². The van der Waals surface area contributed by atoms with Gasteiger partial charge in [0.05, 0.1) is 5.69 Å². The first-order valence-corrected chi connectivity index (χ1v) is 10.1. The minimum atomic E-state index is -0.00725. The molecule has 0 atom stereocenters. The molecule has 1 aliphatic carbocycles. The summed E-state index contributed by atoms with van der Waals surface area (Å²) in [4.78, 5) is 17.1. The summed E-state index contributed by atoms with van der Waals surface area (Å²) >= 11 is 0. The molecule has 150 valence electrons. The van der Waals surface area contributed by atoms with E-state index in [-0.39, 0.29) is 5.91 Å². The van der Waals surface area contributed by atoms with Gasteiger partial charge in [-0.1, -0.05) is 30.3 Å². The number of aryl methyl sites for hydroxylation is 1. The first-order valence-electron chi connectivity index (χ1n) is 10.1. The highest BCUT2D eigenvalue weighted by Gasteiger charge is 2.28. The SMILES string of the molecule is Cc1ccccc1-n1nc(C(=O)N(C)Cc2ccc(N(C)C)cc2)c2c1CCC2. The lowest BCUT2D eigenvalue weighted by Crippen LogP contribution is -2.27. The van der Waals surface area contributed by atoms with Gasteiger partial charge in [-0.15, -0.1) is 0 Å². The van der Waals surface area contributed by atoms with Gasteiger partial charge in [0.15, 0.2) is 5.69 Å². The molecule has 1 aromatic heterocycles. The Morgan fingerprint density at radius 2 is 1.76 bits per heavy atom. The topological polar surface area (TPSA) is 41.4 Å². The van der Waals surface area contributed by atoms with Crippen LogP contribution in [0.3, 0.4) is 0 Å². The van der Waals surface area contributed by atoms with E-state index in [2.05, 4.69) is 48.2 Å². The van der Waals surface area contributed by atoms with Crippen LogP contribution in [0.25, 0.3) is 5.69 Å². The van der Waals surface area contributed by atoms with E-state index in [4.69, 9.17) is 5.10 Å². The summed E-state index contributed by atoms with van der Waals surface area (Å²) < 4.78 is 1.99. The van der Waals surface area contributed by atoms with Crippen molar-refractivity contribution in [1.82, 2.24) is 14.7 Å². The van der Waals surface area contributed by atoms with Gasteiger partial charge in [0.25, 0.3) is 5.91 Å². The number of rotatable bonds is 5. The quantitative estimate of drug-likeness (QED) is 0.663. The van der Waals surface area contributed by atoms with Crippen molar-refractivity contribution >= 4 is 11.6 Å². The molecule has 0 aliphatic heterocycles. The van der Waals surface area contributed by atoms with Gasteiger partial charge < -0.3 is 9.80 Å². The maximum atomic E-state index is 13.3. The predicted octanol–water partition coefficient (Wildman–Crippen LogP) is 4.01. The molecular formula is C24H28N4O. The lowest BCUT2D eigenvalue weighted by atomic mass is 10.1. The zero-order chi connectivity index (χ0) is 20.5. The summed E-state index contributed by atoms with van der Waals surface area (Å²) in [6, 6.07) is 16.5. The number of amides is 1. The predicted molar refractivity (Wildman–Crippen MR) is 117 cm³/mol. The summed E-state index contributed by atoms with van der Waals surface area (Å²) in [5, 5.41) is 4.78. The molecule has 0 saturated carbocycles. The second-order valence-corrected chi connectivity index (χ2v) is 8.05. The highest BCUT2D eigenvalue weighted by Crippen LogP contribution is 2.29. The average Bonchev–Trinajstić information content (AvgIpc) is 3.31. The third-order valence-electron chi connectivity index (χ3n) is 5.70. The Labute approximate surface area is 172 Å². The molecule has 0 spiro atoms. The molecule has 0 saturated heterocycles. The maximum absolute atomic E-state index is 13.3. The van der Waals surface area contributed by atoms with E-state index in [1.54, 1.807) is 4.90 Å². The summed E-state index contributed by atoms with van der Waals surface area (Å²) in [6.45, 7) is 2.65. The molecule has 3 aromatic rings. The Bertz CT molecular complexity index is 1030. The molecule has 0 bridgehead atoms.